The molecular weight excluding hydrogens is 416 g/mol. The Hall–Kier alpha value is -2.91. The van der Waals surface area contributed by atoms with Crippen LogP contribution in [0, 0.1) is 6.92 Å². The van der Waals surface area contributed by atoms with Gasteiger partial charge in [0, 0.05) is 31.5 Å². The normalized spacial score (nSPS) is 17.1. The first kappa shape index (κ1) is 21.3. The Morgan fingerprint density at radius 1 is 1.26 bits per heavy atom. The number of benzene rings is 1. The van der Waals surface area contributed by atoms with Crippen molar-refractivity contribution in [3.05, 3.63) is 65.6 Å². The van der Waals surface area contributed by atoms with Gasteiger partial charge in [-0.2, -0.15) is 0 Å². The van der Waals surface area contributed by atoms with E-state index in [-0.39, 0.29) is 18.6 Å². The number of rotatable bonds is 6. The molecule has 0 bridgehead atoms. The standard InChI is InChI=1S/C22H26N4O4S/c1-16-7-5-11-25-14-18(23-21(16)25)15-30-20-10-4-3-9-19(20)22(27)26-12-6-8-17(13-26)24-31(2,28)29/h3-5,7,9-11,14,17,24H,6,8,12-13,15H2,1-2H3. The molecule has 1 unspecified atom stereocenters. The van der Waals surface area contributed by atoms with E-state index in [2.05, 4.69) is 9.71 Å². The number of piperidine rings is 1. The van der Waals surface area contributed by atoms with Crippen LogP contribution < -0.4 is 9.46 Å². The van der Waals surface area contributed by atoms with E-state index in [0.717, 1.165) is 29.6 Å². The van der Waals surface area contributed by atoms with Gasteiger partial charge < -0.3 is 14.0 Å². The van der Waals surface area contributed by atoms with Crippen molar-refractivity contribution >= 4 is 21.6 Å². The van der Waals surface area contributed by atoms with Crippen LogP contribution in [0.15, 0.2) is 48.8 Å². The lowest BCUT2D eigenvalue weighted by molar-refractivity contribution is 0.0698. The number of aryl methyl sites for hydroxylation is 1. The predicted molar refractivity (Wildman–Crippen MR) is 118 cm³/mol. The lowest BCUT2D eigenvalue weighted by atomic mass is 10.0. The number of pyridine rings is 1. The topological polar surface area (TPSA) is 93.0 Å². The van der Waals surface area contributed by atoms with Gasteiger partial charge in [-0.05, 0) is 43.5 Å². The van der Waals surface area contributed by atoms with Crippen molar-refractivity contribution in [3.63, 3.8) is 0 Å². The number of likely N-dealkylation sites (tertiary alicyclic amines) is 1. The number of carbonyl (C=O) groups excluding carboxylic acids is 1. The Kier molecular flexibility index (Phi) is 5.97. The smallest absolute Gasteiger partial charge is 0.257 e. The number of nitrogens with zero attached hydrogens (tertiary/aromatic N) is 3. The van der Waals surface area contributed by atoms with E-state index in [9.17, 15) is 13.2 Å². The fraction of sp³-hybridized carbons (Fsp3) is 0.364. The molecule has 0 aliphatic carbocycles. The molecule has 0 saturated carbocycles. The zero-order chi connectivity index (χ0) is 22.0. The fourth-order valence-corrected chi connectivity index (χ4v) is 4.72. The zero-order valence-corrected chi connectivity index (χ0v) is 18.4. The number of fused-ring (bicyclic) bond motifs is 1. The summed E-state index contributed by atoms with van der Waals surface area (Å²) in [5.74, 6) is 0.320. The number of ether oxygens (including phenoxy) is 1. The summed E-state index contributed by atoms with van der Waals surface area (Å²) in [7, 11) is -3.32. The van der Waals surface area contributed by atoms with E-state index >= 15 is 0 Å². The third-order valence-corrected chi connectivity index (χ3v) is 6.07. The van der Waals surface area contributed by atoms with Gasteiger partial charge in [-0.25, -0.2) is 18.1 Å². The maximum Gasteiger partial charge on any atom is 0.257 e. The first-order valence-corrected chi connectivity index (χ1v) is 12.1. The molecule has 1 N–H and O–H groups in total. The van der Waals surface area contributed by atoms with Gasteiger partial charge in [-0.15, -0.1) is 0 Å². The van der Waals surface area contributed by atoms with E-state index < -0.39 is 10.0 Å². The Balaban J connectivity index is 1.48. The molecule has 8 nitrogen and oxygen atoms in total. The highest BCUT2D eigenvalue weighted by Gasteiger charge is 2.27. The Bertz CT molecular complexity index is 1210. The number of carbonyl (C=O) groups is 1. The van der Waals surface area contributed by atoms with Crippen LogP contribution in [0.25, 0.3) is 5.65 Å². The SMILES string of the molecule is Cc1cccn2cc(COc3ccccc3C(=O)N3CCCC(NS(C)(=O)=O)C3)nc12. The van der Waals surface area contributed by atoms with Gasteiger partial charge in [-0.1, -0.05) is 18.2 Å². The van der Waals surface area contributed by atoms with Crippen molar-refractivity contribution < 1.29 is 17.9 Å². The molecule has 1 aromatic carbocycles. The second-order valence-electron chi connectivity index (χ2n) is 7.92. The minimum atomic E-state index is -3.32. The van der Waals surface area contributed by atoms with Crippen LogP contribution in [-0.4, -0.2) is 54.0 Å². The summed E-state index contributed by atoms with van der Waals surface area (Å²) in [6, 6.07) is 10.8. The number of hydrogen-bond acceptors (Lipinski definition) is 5. The summed E-state index contributed by atoms with van der Waals surface area (Å²) >= 11 is 0. The van der Waals surface area contributed by atoms with Gasteiger partial charge in [0.2, 0.25) is 10.0 Å². The quantitative estimate of drug-likeness (QED) is 0.633. The van der Waals surface area contributed by atoms with Crippen molar-refractivity contribution in [3.8, 4) is 5.75 Å². The molecule has 1 aliphatic rings. The largest absolute Gasteiger partial charge is 0.486 e. The second kappa shape index (κ2) is 8.68. The molecule has 2 aromatic heterocycles. The van der Waals surface area contributed by atoms with E-state index in [0.29, 0.717) is 30.8 Å². The van der Waals surface area contributed by atoms with Crippen molar-refractivity contribution in [2.45, 2.75) is 32.4 Å². The summed E-state index contributed by atoms with van der Waals surface area (Å²) in [5.41, 5.74) is 3.18. The van der Waals surface area contributed by atoms with Crippen molar-refractivity contribution in [2.24, 2.45) is 0 Å². The minimum absolute atomic E-state index is 0.165. The molecule has 1 amide bonds. The molecule has 164 valence electrons. The third kappa shape index (κ3) is 5.05. The number of aromatic nitrogens is 2. The predicted octanol–water partition coefficient (Wildman–Crippen LogP) is 2.38. The second-order valence-corrected chi connectivity index (χ2v) is 9.70. The molecule has 4 rings (SSSR count). The van der Waals surface area contributed by atoms with E-state index in [1.807, 2.05) is 41.9 Å². The molecule has 0 radical (unpaired) electrons. The third-order valence-electron chi connectivity index (χ3n) is 5.31. The van der Waals surface area contributed by atoms with Crippen LogP contribution >= 0.6 is 0 Å². The minimum Gasteiger partial charge on any atom is -0.486 e. The van der Waals surface area contributed by atoms with Gasteiger partial charge in [-0.3, -0.25) is 4.79 Å². The monoisotopic (exact) mass is 442 g/mol. The Morgan fingerprint density at radius 3 is 2.84 bits per heavy atom. The average Bonchev–Trinajstić information content (AvgIpc) is 3.15. The van der Waals surface area contributed by atoms with E-state index in [1.54, 1.807) is 23.1 Å². The van der Waals surface area contributed by atoms with Crippen LogP contribution in [0.1, 0.15) is 34.5 Å². The summed E-state index contributed by atoms with van der Waals surface area (Å²) in [6.45, 7) is 3.17. The summed E-state index contributed by atoms with van der Waals surface area (Å²) in [4.78, 5) is 19.5. The first-order valence-electron chi connectivity index (χ1n) is 10.2. The molecule has 31 heavy (non-hydrogen) atoms. The molecule has 1 atom stereocenters. The lowest BCUT2D eigenvalue weighted by Gasteiger charge is -2.33. The molecule has 9 heteroatoms. The van der Waals surface area contributed by atoms with Crippen LogP contribution in [-0.2, 0) is 16.6 Å². The molecule has 1 saturated heterocycles. The number of para-hydroxylation sites is 1. The number of sulfonamides is 1. The fourth-order valence-electron chi connectivity index (χ4n) is 3.93. The molecule has 1 fully saturated rings. The molecule has 3 heterocycles. The van der Waals surface area contributed by atoms with Gasteiger partial charge in [0.15, 0.2) is 0 Å². The van der Waals surface area contributed by atoms with Gasteiger partial charge in [0.05, 0.1) is 17.5 Å². The van der Waals surface area contributed by atoms with E-state index in [4.69, 9.17) is 4.74 Å². The Labute approximate surface area is 181 Å². The van der Waals surface area contributed by atoms with Gasteiger partial charge in [0.1, 0.15) is 18.0 Å². The maximum atomic E-state index is 13.2. The highest BCUT2D eigenvalue weighted by Crippen LogP contribution is 2.23. The van der Waals surface area contributed by atoms with Gasteiger partial charge >= 0.3 is 0 Å². The van der Waals surface area contributed by atoms with Crippen molar-refractivity contribution in [1.29, 1.82) is 0 Å². The number of nitrogens with one attached hydrogen (secondary N) is 1. The van der Waals surface area contributed by atoms with Crippen molar-refractivity contribution in [1.82, 2.24) is 19.0 Å². The first-order chi connectivity index (χ1) is 14.8. The number of amides is 1. The highest BCUT2D eigenvalue weighted by molar-refractivity contribution is 7.88. The molecule has 1 aliphatic heterocycles. The van der Waals surface area contributed by atoms with Crippen molar-refractivity contribution in [2.75, 3.05) is 19.3 Å². The number of imidazole rings is 1. The van der Waals surface area contributed by atoms with Crippen LogP contribution in [0.4, 0.5) is 0 Å². The summed E-state index contributed by atoms with van der Waals surface area (Å²) in [6.07, 6.45) is 6.44. The Morgan fingerprint density at radius 2 is 2.06 bits per heavy atom. The average molecular weight is 443 g/mol. The number of hydrogen-bond donors (Lipinski definition) is 1. The maximum absolute atomic E-state index is 13.2. The summed E-state index contributed by atoms with van der Waals surface area (Å²) < 4.78 is 33.7. The molecular formula is C22H26N4O4S. The summed E-state index contributed by atoms with van der Waals surface area (Å²) in [5, 5.41) is 0. The van der Waals surface area contributed by atoms with Gasteiger partial charge in [0.25, 0.3) is 5.91 Å². The molecule has 0 spiro atoms. The van der Waals surface area contributed by atoms with Crippen LogP contribution in [0.3, 0.4) is 0 Å². The molecule has 3 aromatic rings. The van der Waals surface area contributed by atoms with E-state index in [1.165, 1.54) is 0 Å². The highest BCUT2D eigenvalue weighted by atomic mass is 32.2. The zero-order valence-electron chi connectivity index (χ0n) is 17.6. The van der Waals surface area contributed by atoms with Crippen LogP contribution in [0.2, 0.25) is 0 Å². The lowest BCUT2D eigenvalue weighted by Crippen LogP contribution is -2.49. The van der Waals surface area contributed by atoms with Crippen LogP contribution in [0.5, 0.6) is 5.75 Å².